The van der Waals surface area contributed by atoms with E-state index in [0.717, 1.165) is 19.3 Å². The number of carbonyl (C=O) groups excluding carboxylic acids is 1. The number of aliphatic hydroxyl groups is 1. The fraction of sp³-hybridized carbons (Fsp3) is 0.900. The fourth-order valence-corrected chi connectivity index (χ4v) is 2.88. The number of Topliss-reactive ketones (excluding diaryl/α,β-unsaturated/α-hetero) is 1. The third-order valence-corrected chi connectivity index (χ3v) is 3.54. The van der Waals surface area contributed by atoms with Gasteiger partial charge < -0.3 is 10.4 Å². The Bertz CT molecular complexity index is 237. The molecule has 1 saturated carbocycles. The van der Waals surface area contributed by atoms with Gasteiger partial charge in [-0.25, -0.2) is 0 Å². The molecule has 3 fully saturated rings. The first-order valence-corrected chi connectivity index (χ1v) is 4.99. The Kier molecular flexibility index (Phi) is 1.96. The molecule has 3 rings (SSSR count). The van der Waals surface area contributed by atoms with E-state index in [0.29, 0.717) is 6.04 Å². The van der Waals surface area contributed by atoms with E-state index in [1.54, 1.807) is 6.92 Å². The number of fused-ring (bicyclic) bond motifs is 3. The van der Waals surface area contributed by atoms with E-state index in [4.69, 9.17) is 0 Å². The number of nitrogens with one attached hydrogen (secondary N) is 1. The summed E-state index contributed by atoms with van der Waals surface area (Å²) in [5.41, 5.74) is -0.634. The van der Waals surface area contributed by atoms with Crippen LogP contribution in [0.1, 0.15) is 33.1 Å². The molecule has 0 aromatic rings. The van der Waals surface area contributed by atoms with Crippen molar-refractivity contribution in [2.75, 3.05) is 0 Å². The summed E-state index contributed by atoms with van der Waals surface area (Å²) in [4.78, 5) is 11.3. The van der Waals surface area contributed by atoms with E-state index in [-0.39, 0.29) is 17.7 Å². The minimum atomic E-state index is -0.634. The monoisotopic (exact) mass is 183 g/mol. The second-order valence-corrected chi connectivity index (χ2v) is 4.70. The van der Waals surface area contributed by atoms with Crippen LogP contribution < -0.4 is 5.32 Å². The fourth-order valence-electron chi connectivity index (χ4n) is 2.88. The van der Waals surface area contributed by atoms with Crippen molar-refractivity contribution >= 4 is 5.78 Å². The summed E-state index contributed by atoms with van der Waals surface area (Å²) in [5, 5.41) is 13.4. The van der Waals surface area contributed by atoms with Crippen molar-refractivity contribution in [2.45, 2.75) is 50.8 Å². The molecule has 1 aliphatic carbocycles. The normalized spacial score (nSPS) is 49.3. The van der Waals surface area contributed by atoms with Crippen LogP contribution in [0.15, 0.2) is 0 Å². The summed E-state index contributed by atoms with van der Waals surface area (Å²) < 4.78 is 0. The van der Waals surface area contributed by atoms with Crippen LogP contribution in [0.4, 0.5) is 0 Å². The van der Waals surface area contributed by atoms with Crippen molar-refractivity contribution in [3.05, 3.63) is 0 Å². The van der Waals surface area contributed by atoms with E-state index in [1.165, 1.54) is 0 Å². The first kappa shape index (κ1) is 9.16. The Labute approximate surface area is 78.5 Å². The molecule has 2 bridgehead atoms. The number of hydrogen-bond acceptors (Lipinski definition) is 3. The zero-order valence-electron chi connectivity index (χ0n) is 8.21. The molecule has 3 nitrogen and oxygen atoms in total. The number of ketones is 1. The van der Waals surface area contributed by atoms with Crippen LogP contribution in [0, 0.1) is 5.92 Å². The van der Waals surface area contributed by atoms with Gasteiger partial charge in [-0.05, 0) is 33.1 Å². The number of carbonyl (C=O) groups is 1. The van der Waals surface area contributed by atoms with Crippen molar-refractivity contribution in [2.24, 2.45) is 5.92 Å². The molecule has 0 amide bonds. The number of rotatable bonds is 1. The minimum absolute atomic E-state index is 0.109. The zero-order chi connectivity index (χ0) is 9.64. The summed E-state index contributed by atoms with van der Waals surface area (Å²) >= 11 is 0. The van der Waals surface area contributed by atoms with Gasteiger partial charge in [-0.1, -0.05) is 0 Å². The van der Waals surface area contributed by atoms with Gasteiger partial charge in [0.25, 0.3) is 0 Å². The van der Waals surface area contributed by atoms with Gasteiger partial charge in [0, 0.05) is 12.0 Å². The van der Waals surface area contributed by atoms with Crippen molar-refractivity contribution in [3.8, 4) is 0 Å². The summed E-state index contributed by atoms with van der Waals surface area (Å²) in [6.07, 6.45) is 2.88. The van der Waals surface area contributed by atoms with Crippen molar-refractivity contribution in [1.82, 2.24) is 5.32 Å². The highest BCUT2D eigenvalue weighted by atomic mass is 16.3. The summed E-state index contributed by atoms with van der Waals surface area (Å²) in [7, 11) is 0. The maximum atomic E-state index is 11.3. The van der Waals surface area contributed by atoms with Crippen LogP contribution >= 0.6 is 0 Å². The highest BCUT2D eigenvalue weighted by Gasteiger charge is 2.49. The lowest BCUT2D eigenvalue weighted by Gasteiger charge is -2.51. The molecule has 2 N–H and O–H groups in total. The van der Waals surface area contributed by atoms with Crippen LogP contribution in [-0.4, -0.2) is 28.6 Å². The lowest BCUT2D eigenvalue weighted by molar-refractivity contribution is -0.134. The predicted octanol–water partition coefficient (Wildman–Crippen LogP) is 0.467. The van der Waals surface area contributed by atoms with E-state index in [2.05, 4.69) is 5.32 Å². The average Bonchev–Trinajstić information content (AvgIpc) is 2.02. The van der Waals surface area contributed by atoms with E-state index < -0.39 is 5.60 Å². The van der Waals surface area contributed by atoms with Gasteiger partial charge in [0.05, 0.1) is 11.6 Å². The van der Waals surface area contributed by atoms with Gasteiger partial charge in [-0.3, -0.25) is 4.79 Å². The lowest BCUT2D eigenvalue weighted by Crippen LogP contribution is -2.65. The van der Waals surface area contributed by atoms with Gasteiger partial charge in [0.15, 0.2) is 0 Å². The molecule has 3 aliphatic rings. The second-order valence-electron chi connectivity index (χ2n) is 4.70. The summed E-state index contributed by atoms with van der Waals surface area (Å²) in [5.74, 6) is 0.282. The molecule has 3 heteroatoms. The first-order chi connectivity index (χ1) is 6.00. The molecule has 0 spiro atoms. The molecule has 0 unspecified atom stereocenters. The molecule has 0 aromatic heterocycles. The molecule has 2 saturated heterocycles. The molecular formula is C10H17NO2. The Balaban J connectivity index is 2.22. The zero-order valence-corrected chi connectivity index (χ0v) is 8.21. The van der Waals surface area contributed by atoms with Gasteiger partial charge in [-0.2, -0.15) is 0 Å². The maximum absolute atomic E-state index is 11.3. The van der Waals surface area contributed by atoms with E-state index >= 15 is 0 Å². The molecule has 13 heavy (non-hydrogen) atoms. The van der Waals surface area contributed by atoms with Crippen LogP contribution in [0.3, 0.4) is 0 Å². The third-order valence-electron chi connectivity index (χ3n) is 3.54. The van der Waals surface area contributed by atoms with Crippen LogP contribution in [0.2, 0.25) is 0 Å². The molecule has 74 valence electrons. The van der Waals surface area contributed by atoms with Crippen LogP contribution in [0.5, 0.6) is 0 Å². The summed E-state index contributed by atoms with van der Waals surface area (Å²) in [6, 6.07) is 0.233. The van der Waals surface area contributed by atoms with E-state index in [9.17, 15) is 9.90 Å². The Morgan fingerprint density at radius 2 is 2.23 bits per heavy atom. The molecule has 0 aromatic carbocycles. The molecule has 2 heterocycles. The SMILES string of the molecule is CC(=O)[C@H]1N[C@H]2CC[C@@H]1[C@](C)(O)C2. The number of hydrogen-bond donors (Lipinski definition) is 2. The smallest absolute Gasteiger partial charge is 0.147 e. The van der Waals surface area contributed by atoms with Crippen molar-refractivity contribution in [3.63, 3.8) is 0 Å². The highest BCUT2D eigenvalue weighted by molar-refractivity contribution is 5.82. The summed E-state index contributed by atoms with van der Waals surface area (Å²) in [6.45, 7) is 3.47. The largest absolute Gasteiger partial charge is 0.390 e. The maximum Gasteiger partial charge on any atom is 0.147 e. The van der Waals surface area contributed by atoms with Gasteiger partial charge in [0.2, 0.25) is 0 Å². The highest BCUT2D eigenvalue weighted by Crippen LogP contribution is 2.40. The van der Waals surface area contributed by atoms with Gasteiger partial charge in [-0.15, -0.1) is 0 Å². The van der Waals surface area contributed by atoms with E-state index in [1.807, 2.05) is 6.92 Å². The topological polar surface area (TPSA) is 49.3 Å². The Hall–Kier alpha value is -0.410. The average molecular weight is 183 g/mol. The Morgan fingerprint density at radius 1 is 1.54 bits per heavy atom. The Morgan fingerprint density at radius 3 is 2.62 bits per heavy atom. The van der Waals surface area contributed by atoms with Crippen molar-refractivity contribution in [1.29, 1.82) is 0 Å². The standard InChI is InChI=1S/C10H17NO2/c1-6(12)9-8-4-3-7(11-9)5-10(8,2)13/h7-9,11,13H,3-5H2,1-2H3/t7-,8-,9+,10+/m0/s1. The quantitative estimate of drug-likeness (QED) is 0.621. The van der Waals surface area contributed by atoms with Gasteiger partial charge >= 0.3 is 0 Å². The van der Waals surface area contributed by atoms with Gasteiger partial charge in [0.1, 0.15) is 5.78 Å². The minimum Gasteiger partial charge on any atom is -0.390 e. The van der Waals surface area contributed by atoms with Crippen molar-refractivity contribution < 1.29 is 9.90 Å². The van der Waals surface area contributed by atoms with Crippen LogP contribution in [0.25, 0.3) is 0 Å². The number of piperidine rings is 2. The second kappa shape index (κ2) is 2.79. The molecular weight excluding hydrogens is 166 g/mol. The third kappa shape index (κ3) is 1.40. The lowest BCUT2D eigenvalue weighted by atomic mass is 9.66. The van der Waals surface area contributed by atoms with Crippen LogP contribution in [-0.2, 0) is 4.79 Å². The molecule has 2 aliphatic heterocycles. The molecule has 4 atom stereocenters. The molecule has 0 radical (unpaired) electrons. The predicted molar refractivity (Wildman–Crippen MR) is 49.4 cm³/mol. The first-order valence-electron chi connectivity index (χ1n) is 4.99.